The molecule has 10 nitrogen and oxygen atoms in total. The van der Waals surface area contributed by atoms with E-state index < -0.39 is 59.8 Å². The number of likely N-dealkylation sites (tertiary alicyclic amines) is 2. The molecule has 0 radical (unpaired) electrons. The average Bonchev–Trinajstić information content (AvgIpc) is 3.70. The molecule has 0 spiro atoms. The highest BCUT2D eigenvalue weighted by Crippen LogP contribution is 2.43. The molecule has 0 bridgehead atoms. The molecule has 2 aromatic rings. The number of hydrogen-bond donors (Lipinski definition) is 3. The number of aliphatic hydroxyl groups is 1. The Kier molecular flexibility index (Phi) is 8.86. The van der Waals surface area contributed by atoms with Crippen molar-refractivity contribution in [3.8, 4) is 0 Å². The van der Waals surface area contributed by atoms with Gasteiger partial charge in [-0.3, -0.25) is 14.8 Å². The van der Waals surface area contributed by atoms with Crippen molar-refractivity contribution in [2.45, 2.75) is 63.3 Å². The summed E-state index contributed by atoms with van der Waals surface area (Å²) in [5.41, 5.74) is -1.70. The highest BCUT2D eigenvalue weighted by atomic mass is 32.1. The Morgan fingerprint density at radius 2 is 2.02 bits per heavy atom. The van der Waals surface area contributed by atoms with Gasteiger partial charge in [-0.1, -0.05) is 6.07 Å². The van der Waals surface area contributed by atoms with E-state index in [4.69, 9.17) is 4.74 Å². The molecule has 3 aliphatic rings. The van der Waals surface area contributed by atoms with Gasteiger partial charge >= 0.3 is 11.9 Å². The van der Waals surface area contributed by atoms with Crippen molar-refractivity contribution in [3.63, 3.8) is 0 Å². The predicted octanol–water partition coefficient (Wildman–Crippen LogP) is 3.26. The molecular weight excluding hydrogens is 606 g/mol. The molecule has 1 aromatic carbocycles. The predicted molar refractivity (Wildman–Crippen MR) is 152 cm³/mol. The normalized spacial score (nSPS) is 24.9. The summed E-state index contributed by atoms with van der Waals surface area (Å²) >= 11 is 1.25. The minimum atomic E-state index is -3.18. The Balaban J connectivity index is 1.52. The van der Waals surface area contributed by atoms with Crippen LogP contribution in [0.4, 0.5) is 17.6 Å². The molecule has 15 heteroatoms. The molecule has 0 unspecified atom stereocenters. The average molecular weight is 640 g/mol. The number of rotatable bonds is 10. The lowest BCUT2D eigenvalue weighted by Gasteiger charge is -2.31. The molecule has 4 atom stereocenters. The number of nitrogens with zero attached hydrogens (tertiary/aromatic N) is 4. The number of carbonyl (C=O) groups excluding carboxylic acids is 1. The summed E-state index contributed by atoms with van der Waals surface area (Å²) in [7, 11) is 0. The highest BCUT2D eigenvalue weighted by molar-refractivity contribution is 7.11. The minimum Gasteiger partial charge on any atom is -0.479 e. The van der Waals surface area contributed by atoms with E-state index in [-0.39, 0.29) is 60.9 Å². The SMILES string of the molecule is CCOC(=O)C1=C(CN2CC(F)(F)[C@H]3[C@@H]2CCN3CC[C@@](C)(O)C(=O)O)NC(c2nccs2)=N[C@@H]1c1ccc(F)c(F)c1C. The zero-order valence-electron chi connectivity index (χ0n) is 24.3. The molecule has 238 valence electrons. The van der Waals surface area contributed by atoms with E-state index in [1.807, 2.05) is 0 Å². The van der Waals surface area contributed by atoms with Crippen LogP contribution in [-0.2, 0) is 14.3 Å². The maximum atomic E-state index is 15.6. The Labute approximate surface area is 255 Å². The topological polar surface area (TPSA) is 128 Å². The molecule has 44 heavy (non-hydrogen) atoms. The number of amidine groups is 1. The molecule has 0 saturated carbocycles. The number of aliphatic carboxylic acids is 1. The van der Waals surface area contributed by atoms with Gasteiger partial charge in [0.05, 0.1) is 24.8 Å². The molecule has 2 fully saturated rings. The second-order valence-corrected chi connectivity index (χ2v) is 12.3. The number of nitrogens with one attached hydrogen (secondary N) is 1. The van der Waals surface area contributed by atoms with Crippen molar-refractivity contribution < 1.29 is 42.1 Å². The van der Waals surface area contributed by atoms with E-state index in [0.717, 1.165) is 13.0 Å². The van der Waals surface area contributed by atoms with Gasteiger partial charge in [-0.15, -0.1) is 11.3 Å². The lowest BCUT2D eigenvalue weighted by molar-refractivity contribution is -0.157. The number of aliphatic imine (C=N–C) groups is 1. The molecule has 5 rings (SSSR count). The van der Waals surface area contributed by atoms with Crippen LogP contribution in [0.3, 0.4) is 0 Å². The number of ether oxygens (including phenoxy) is 1. The van der Waals surface area contributed by atoms with E-state index in [9.17, 15) is 28.6 Å². The first-order valence-electron chi connectivity index (χ1n) is 14.2. The first kappa shape index (κ1) is 32.0. The molecule has 2 saturated heterocycles. The van der Waals surface area contributed by atoms with Crippen LogP contribution in [0.1, 0.15) is 48.9 Å². The van der Waals surface area contributed by atoms with Crippen molar-refractivity contribution >= 4 is 29.1 Å². The fourth-order valence-electron chi connectivity index (χ4n) is 6.15. The third kappa shape index (κ3) is 5.97. The van der Waals surface area contributed by atoms with E-state index in [1.54, 1.807) is 23.4 Å². The van der Waals surface area contributed by atoms with E-state index in [0.29, 0.717) is 11.4 Å². The Hall–Kier alpha value is -3.40. The zero-order valence-corrected chi connectivity index (χ0v) is 25.1. The maximum absolute atomic E-state index is 15.6. The summed E-state index contributed by atoms with van der Waals surface area (Å²) in [5, 5.41) is 24.7. The first-order valence-corrected chi connectivity index (χ1v) is 15.0. The summed E-state index contributed by atoms with van der Waals surface area (Å²) in [4.78, 5) is 36.8. The second kappa shape index (κ2) is 12.2. The molecule has 3 aliphatic heterocycles. The molecule has 0 amide bonds. The van der Waals surface area contributed by atoms with Gasteiger partial charge in [0.15, 0.2) is 28.1 Å². The number of hydrogen-bond acceptors (Lipinski definition) is 10. The number of benzene rings is 1. The van der Waals surface area contributed by atoms with Crippen molar-refractivity contribution in [1.82, 2.24) is 20.1 Å². The van der Waals surface area contributed by atoms with Crippen LogP contribution in [0, 0.1) is 18.6 Å². The fourth-order valence-corrected chi connectivity index (χ4v) is 6.74. The zero-order chi connectivity index (χ0) is 32.0. The van der Waals surface area contributed by atoms with Crippen LogP contribution in [0.5, 0.6) is 0 Å². The minimum absolute atomic E-state index is 0.00368. The smallest absolute Gasteiger partial charge is 0.338 e. The van der Waals surface area contributed by atoms with Gasteiger partial charge < -0.3 is 20.3 Å². The van der Waals surface area contributed by atoms with Gasteiger partial charge in [0.25, 0.3) is 5.92 Å². The third-order valence-electron chi connectivity index (χ3n) is 8.43. The fraction of sp³-hybridized carbons (Fsp3) is 0.517. The molecular formula is C29H33F4N5O5S. The quantitative estimate of drug-likeness (QED) is 0.265. The van der Waals surface area contributed by atoms with Crippen molar-refractivity contribution in [3.05, 3.63) is 62.7 Å². The summed E-state index contributed by atoms with van der Waals surface area (Å²) in [6.45, 7) is 3.54. The number of aromatic nitrogens is 1. The Morgan fingerprint density at radius 1 is 1.27 bits per heavy atom. The molecule has 4 heterocycles. The summed E-state index contributed by atoms with van der Waals surface area (Å²) in [5.74, 6) is -7.31. The largest absolute Gasteiger partial charge is 0.479 e. The second-order valence-electron chi connectivity index (χ2n) is 11.4. The summed E-state index contributed by atoms with van der Waals surface area (Å²) in [6.07, 6.45) is 1.66. The molecule has 0 aliphatic carbocycles. The molecule has 3 N–H and O–H groups in total. The third-order valence-corrected chi connectivity index (χ3v) is 9.21. The van der Waals surface area contributed by atoms with Gasteiger partial charge in [-0.25, -0.2) is 32.1 Å². The van der Waals surface area contributed by atoms with E-state index in [1.165, 1.54) is 29.2 Å². The van der Waals surface area contributed by atoms with Gasteiger partial charge in [-0.05, 0) is 50.8 Å². The number of thiazole rings is 1. The van der Waals surface area contributed by atoms with Gasteiger partial charge in [0, 0.05) is 43.0 Å². The van der Waals surface area contributed by atoms with Crippen molar-refractivity contribution in [1.29, 1.82) is 0 Å². The number of halogens is 4. The van der Waals surface area contributed by atoms with E-state index >= 15 is 8.78 Å². The summed E-state index contributed by atoms with van der Waals surface area (Å²) in [6, 6.07) is -0.746. The number of carboxylic acids is 1. The van der Waals surface area contributed by atoms with Gasteiger partial charge in [0.1, 0.15) is 6.04 Å². The lowest BCUT2D eigenvalue weighted by atomic mass is 9.92. The van der Waals surface area contributed by atoms with E-state index in [2.05, 4.69) is 15.3 Å². The monoisotopic (exact) mass is 639 g/mol. The van der Waals surface area contributed by atoms with Gasteiger partial charge in [-0.2, -0.15) is 0 Å². The number of carbonyl (C=O) groups is 2. The Morgan fingerprint density at radius 3 is 2.68 bits per heavy atom. The standard InChI is InChI=1S/C29H33F4N5O5S/c1-4-43-26(39)20-18(13-38-14-29(32,33)23-19(38)7-10-37(23)11-8-28(3,42)27(40)41)35-24(25-34-9-12-44-25)36-22(20)16-5-6-17(30)21(31)15(16)2/h5-6,9,12,19,22-23,42H,4,7-8,10-11,13-14H2,1-3H3,(H,35,36)(H,40,41)/t19-,22+,23+,28+/m0/s1. The van der Waals surface area contributed by atoms with Crippen LogP contribution < -0.4 is 5.32 Å². The maximum Gasteiger partial charge on any atom is 0.338 e. The summed E-state index contributed by atoms with van der Waals surface area (Å²) < 4.78 is 65.3. The lowest BCUT2D eigenvalue weighted by Crippen LogP contribution is -2.48. The van der Waals surface area contributed by atoms with Gasteiger partial charge in [0.2, 0.25) is 0 Å². The molecule has 1 aromatic heterocycles. The van der Waals surface area contributed by atoms with Crippen molar-refractivity contribution in [2.75, 3.05) is 32.8 Å². The van der Waals surface area contributed by atoms with Crippen LogP contribution in [0.15, 0.2) is 40.0 Å². The number of alkyl halides is 2. The number of fused-ring (bicyclic) bond motifs is 1. The van der Waals surface area contributed by atoms with Crippen LogP contribution in [-0.4, -0.2) is 99.2 Å². The highest BCUT2D eigenvalue weighted by Gasteiger charge is 2.59. The van der Waals surface area contributed by atoms with Crippen molar-refractivity contribution in [2.24, 2.45) is 4.99 Å². The van der Waals surface area contributed by atoms with Crippen LogP contribution >= 0.6 is 11.3 Å². The van der Waals surface area contributed by atoms with Crippen LogP contribution in [0.2, 0.25) is 0 Å². The Bertz CT molecular complexity index is 1500. The number of esters is 1. The first-order chi connectivity index (χ1) is 20.7. The van der Waals surface area contributed by atoms with Crippen LogP contribution in [0.25, 0.3) is 0 Å². The number of carboxylic acid groups (broad SMARTS) is 1.